The van der Waals surface area contributed by atoms with Crippen molar-refractivity contribution in [2.45, 2.75) is 36.5 Å². The topological polar surface area (TPSA) is 46.9 Å². The number of aryl methyl sites for hydroxylation is 2. The number of fused-ring (bicyclic) bond motifs is 3. The van der Waals surface area contributed by atoms with E-state index in [2.05, 4.69) is 22.5 Å². The van der Waals surface area contributed by atoms with Crippen LogP contribution in [0.15, 0.2) is 53.4 Å². The van der Waals surface area contributed by atoms with Crippen LogP contribution in [0.5, 0.6) is 0 Å². The third kappa shape index (κ3) is 3.82. The summed E-state index contributed by atoms with van der Waals surface area (Å²) in [6.07, 6.45) is 1.82. The first-order chi connectivity index (χ1) is 13.5. The van der Waals surface area contributed by atoms with Crippen molar-refractivity contribution in [3.05, 3.63) is 70.4 Å². The van der Waals surface area contributed by atoms with E-state index in [-0.39, 0.29) is 11.9 Å². The second-order valence-electron chi connectivity index (χ2n) is 7.13. The van der Waals surface area contributed by atoms with E-state index in [0.29, 0.717) is 10.7 Å². The highest BCUT2D eigenvalue weighted by molar-refractivity contribution is 7.98. The number of carbonyl (C=O) groups excluding carboxylic acids is 1. The molecule has 0 saturated carbocycles. The molecule has 4 rings (SSSR count). The van der Waals surface area contributed by atoms with Gasteiger partial charge < -0.3 is 5.32 Å². The molecule has 2 aromatic carbocycles. The third-order valence-electron chi connectivity index (χ3n) is 5.02. The number of aromatic nitrogens is 2. The zero-order valence-corrected chi connectivity index (χ0v) is 17.5. The van der Waals surface area contributed by atoms with Crippen LogP contribution in [0.25, 0.3) is 11.3 Å². The minimum Gasteiger partial charge on any atom is -0.348 e. The Morgan fingerprint density at radius 3 is 2.86 bits per heavy atom. The minimum atomic E-state index is -0.108. The average Bonchev–Trinajstić information content (AvgIpc) is 3.04. The molecule has 3 aromatic rings. The van der Waals surface area contributed by atoms with Crippen molar-refractivity contribution in [2.24, 2.45) is 7.05 Å². The molecule has 0 bridgehead atoms. The molecule has 0 radical (unpaired) electrons. The second kappa shape index (κ2) is 8.02. The van der Waals surface area contributed by atoms with Crippen LogP contribution in [0.4, 0.5) is 0 Å². The van der Waals surface area contributed by atoms with Crippen molar-refractivity contribution in [3.63, 3.8) is 0 Å². The molecular weight excluding hydrogens is 390 g/mol. The maximum absolute atomic E-state index is 12.9. The number of nitrogens with one attached hydrogen (secondary N) is 1. The first-order valence-electron chi connectivity index (χ1n) is 9.36. The number of nitrogens with zero attached hydrogens (tertiary/aromatic N) is 2. The standard InChI is InChI=1S/C22H22ClN3OS/c1-14(8-9-15-6-4-3-5-7-15)24-22(27)20-18-13-28-19-11-10-16(23)12-17(19)21(18)26(2)25-20/h3-7,10-12,14H,8-9,13H2,1-2H3,(H,24,27)/t14-/m1/s1. The monoisotopic (exact) mass is 411 g/mol. The van der Waals surface area contributed by atoms with Gasteiger partial charge in [-0.2, -0.15) is 5.10 Å². The zero-order valence-electron chi connectivity index (χ0n) is 15.9. The van der Waals surface area contributed by atoms with Gasteiger partial charge >= 0.3 is 0 Å². The summed E-state index contributed by atoms with van der Waals surface area (Å²) in [5.74, 6) is 0.627. The van der Waals surface area contributed by atoms with Gasteiger partial charge in [-0.3, -0.25) is 9.48 Å². The molecular formula is C22H22ClN3OS. The highest BCUT2D eigenvalue weighted by Gasteiger charge is 2.28. The quantitative estimate of drug-likeness (QED) is 0.635. The molecule has 6 heteroatoms. The predicted molar refractivity (Wildman–Crippen MR) is 115 cm³/mol. The second-order valence-corrected chi connectivity index (χ2v) is 8.58. The lowest BCUT2D eigenvalue weighted by molar-refractivity contribution is 0.0932. The lowest BCUT2D eigenvalue weighted by atomic mass is 10.0. The van der Waals surface area contributed by atoms with Crippen LogP contribution in [0, 0.1) is 0 Å². The van der Waals surface area contributed by atoms with Gasteiger partial charge in [0.2, 0.25) is 0 Å². The summed E-state index contributed by atoms with van der Waals surface area (Å²) in [6, 6.07) is 16.3. The number of hydrogen-bond donors (Lipinski definition) is 1. The van der Waals surface area contributed by atoms with E-state index in [0.717, 1.165) is 35.4 Å². The summed E-state index contributed by atoms with van der Waals surface area (Å²) in [5, 5.41) is 8.34. The molecule has 2 heterocycles. The first kappa shape index (κ1) is 19.1. The smallest absolute Gasteiger partial charge is 0.272 e. The zero-order chi connectivity index (χ0) is 19.7. The van der Waals surface area contributed by atoms with Crippen molar-refractivity contribution >= 4 is 29.3 Å². The molecule has 1 amide bonds. The minimum absolute atomic E-state index is 0.0725. The summed E-state index contributed by atoms with van der Waals surface area (Å²) in [7, 11) is 1.88. The fraction of sp³-hybridized carbons (Fsp3) is 0.273. The van der Waals surface area contributed by atoms with E-state index in [1.54, 1.807) is 16.4 Å². The molecule has 0 spiro atoms. The molecule has 0 unspecified atom stereocenters. The largest absolute Gasteiger partial charge is 0.348 e. The van der Waals surface area contributed by atoms with Gasteiger partial charge in [0.05, 0.1) is 5.69 Å². The summed E-state index contributed by atoms with van der Waals surface area (Å²) >= 11 is 7.92. The lowest BCUT2D eigenvalue weighted by Gasteiger charge is -2.18. The fourth-order valence-corrected chi connectivity index (χ4v) is 4.80. The van der Waals surface area contributed by atoms with E-state index in [9.17, 15) is 4.79 Å². The Labute approximate surface area is 174 Å². The normalized spacial score (nSPS) is 13.5. The predicted octanol–water partition coefficient (Wildman–Crippen LogP) is 5.10. The number of hydrogen-bond acceptors (Lipinski definition) is 3. The van der Waals surface area contributed by atoms with Gasteiger partial charge in [-0.15, -0.1) is 11.8 Å². The maximum atomic E-state index is 12.9. The van der Waals surface area contributed by atoms with E-state index in [1.807, 2.05) is 50.4 Å². The van der Waals surface area contributed by atoms with Gasteiger partial charge in [-0.1, -0.05) is 41.9 Å². The molecule has 4 nitrogen and oxygen atoms in total. The van der Waals surface area contributed by atoms with E-state index < -0.39 is 0 Å². The van der Waals surface area contributed by atoms with Crippen LogP contribution < -0.4 is 5.32 Å². The van der Waals surface area contributed by atoms with Gasteiger partial charge in [-0.25, -0.2) is 0 Å². The number of rotatable bonds is 5. The highest BCUT2D eigenvalue weighted by Crippen LogP contribution is 2.43. The van der Waals surface area contributed by atoms with Crippen molar-refractivity contribution < 1.29 is 4.79 Å². The Hall–Kier alpha value is -2.24. The Balaban J connectivity index is 1.51. The van der Waals surface area contributed by atoms with E-state index in [4.69, 9.17) is 11.6 Å². The van der Waals surface area contributed by atoms with Crippen molar-refractivity contribution in [3.8, 4) is 11.3 Å². The number of benzene rings is 2. The van der Waals surface area contributed by atoms with Gasteiger partial charge in [0.25, 0.3) is 5.91 Å². The van der Waals surface area contributed by atoms with Gasteiger partial charge in [-0.05, 0) is 43.5 Å². The Bertz CT molecular complexity index is 1020. The van der Waals surface area contributed by atoms with Gasteiger partial charge in [0.1, 0.15) is 0 Å². The Morgan fingerprint density at radius 1 is 1.29 bits per heavy atom. The maximum Gasteiger partial charge on any atom is 0.272 e. The molecule has 1 atom stereocenters. The number of thioether (sulfide) groups is 1. The van der Waals surface area contributed by atoms with E-state index in [1.165, 1.54) is 10.5 Å². The molecule has 0 saturated heterocycles. The number of carbonyl (C=O) groups is 1. The van der Waals surface area contributed by atoms with Crippen LogP contribution in [0.1, 0.15) is 35.0 Å². The third-order valence-corrected chi connectivity index (χ3v) is 6.35. The van der Waals surface area contributed by atoms with Crippen molar-refractivity contribution in [1.29, 1.82) is 0 Å². The molecule has 0 aliphatic carbocycles. The Kier molecular flexibility index (Phi) is 5.47. The van der Waals surface area contributed by atoms with Crippen LogP contribution in [-0.2, 0) is 19.2 Å². The molecule has 1 aliphatic rings. The molecule has 28 heavy (non-hydrogen) atoms. The number of amides is 1. The number of halogens is 1. The average molecular weight is 412 g/mol. The summed E-state index contributed by atoms with van der Waals surface area (Å²) in [5.41, 5.74) is 4.81. The summed E-state index contributed by atoms with van der Waals surface area (Å²) < 4.78 is 1.80. The van der Waals surface area contributed by atoms with Crippen LogP contribution in [0.3, 0.4) is 0 Å². The first-order valence-corrected chi connectivity index (χ1v) is 10.7. The molecule has 1 N–H and O–H groups in total. The van der Waals surface area contributed by atoms with Crippen LogP contribution in [-0.4, -0.2) is 21.7 Å². The van der Waals surface area contributed by atoms with Crippen LogP contribution in [0.2, 0.25) is 5.02 Å². The molecule has 144 valence electrons. The van der Waals surface area contributed by atoms with Crippen molar-refractivity contribution in [1.82, 2.24) is 15.1 Å². The molecule has 1 aromatic heterocycles. The summed E-state index contributed by atoms with van der Waals surface area (Å²) in [4.78, 5) is 14.1. The van der Waals surface area contributed by atoms with Gasteiger partial charge in [0, 0.05) is 39.9 Å². The van der Waals surface area contributed by atoms with Crippen molar-refractivity contribution in [2.75, 3.05) is 0 Å². The fourth-order valence-electron chi connectivity index (χ4n) is 3.58. The SMILES string of the molecule is C[C@H](CCc1ccccc1)NC(=O)c1nn(C)c2c1CSc1ccc(Cl)cc1-2. The van der Waals surface area contributed by atoms with Crippen LogP contribution >= 0.6 is 23.4 Å². The highest BCUT2D eigenvalue weighted by atomic mass is 35.5. The summed E-state index contributed by atoms with van der Waals surface area (Å²) in [6.45, 7) is 2.04. The van der Waals surface area contributed by atoms with Gasteiger partial charge in [0.15, 0.2) is 5.69 Å². The molecule has 0 fully saturated rings. The Morgan fingerprint density at radius 2 is 2.07 bits per heavy atom. The molecule has 1 aliphatic heterocycles. The lowest BCUT2D eigenvalue weighted by Crippen LogP contribution is -2.33. The van der Waals surface area contributed by atoms with E-state index >= 15 is 0 Å².